The van der Waals surface area contributed by atoms with Crippen LogP contribution in [0.25, 0.3) is 0 Å². The number of aromatic nitrogens is 3. The van der Waals surface area contributed by atoms with E-state index in [1.54, 1.807) is 0 Å². The maximum atomic E-state index is 5.95. The third-order valence-electron chi connectivity index (χ3n) is 3.58. The van der Waals surface area contributed by atoms with Crippen molar-refractivity contribution in [1.82, 2.24) is 15.4 Å². The number of nitrogens with zero attached hydrogens (tertiary/aromatic N) is 2. The Bertz CT molecular complexity index is 323. The summed E-state index contributed by atoms with van der Waals surface area (Å²) >= 11 is 0. The minimum Gasteiger partial charge on any atom is -0.330 e. The molecule has 1 saturated carbocycles. The van der Waals surface area contributed by atoms with E-state index < -0.39 is 0 Å². The molecule has 15 heavy (non-hydrogen) atoms. The Morgan fingerprint density at radius 3 is 2.53 bits per heavy atom. The molecule has 1 heterocycles. The molecule has 1 aromatic heterocycles. The van der Waals surface area contributed by atoms with Crippen molar-refractivity contribution in [2.45, 2.75) is 50.9 Å². The molecule has 0 bridgehead atoms. The van der Waals surface area contributed by atoms with Gasteiger partial charge in [-0.1, -0.05) is 26.7 Å². The van der Waals surface area contributed by atoms with E-state index in [0.29, 0.717) is 12.5 Å². The van der Waals surface area contributed by atoms with Gasteiger partial charge in [0.25, 0.3) is 0 Å². The molecule has 0 amide bonds. The van der Waals surface area contributed by atoms with Crippen LogP contribution in [0.4, 0.5) is 0 Å². The van der Waals surface area contributed by atoms with Gasteiger partial charge in [-0.25, -0.2) is 0 Å². The first-order valence-electron chi connectivity index (χ1n) is 5.81. The smallest absolute Gasteiger partial charge is 0.0933 e. The highest BCUT2D eigenvalue weighted by Gasteiger charge is 2.39. The fraction of sp³-hybridized carbons (Fsp3) is 0.818. The number of H-pyrrole nitrogens is 1. The quantitative estimate of drug-likeness (QED) is 0.794. The van der Waals surface area contributed by atoms with E-state index in [2.05, 4.69) is 29.3 Å². The van der Waals surface area contributed by atoms with E-state index in [1.165, 1.54) is 12.8 Å². The zero-order chi connectivity index (χ0) is 10.9. The molecule has 4 nitrogen and oxygen atoms in total. The van der Waals surface area contributed by atoms with Crippen molar-refractivity contribution in [1.29, 1.82) is 0 Å². The molecule has 84 valence electrons. The molecule has 1 aromatic rings. The highest BCUT2D eigenvalue weighted by molar-refractivity contribution is 5.25. The van der Waals surface area contributed by atoms with Crippen molar-refractivity contribution in [3.05, 3.63) is 11.4 Å². The predicted molar refractivity (Wildman–Crippen MR) is 59.7 cm³/mol. The van der Waals surface area contributed by atoms with Crippen molar-refractivity contribution in [3.8, 4) is 0 Å². The summed E-state index contributed by atoms with van der Waals surface area (Å²) in [7, 11) is 0. The van der Waals surface area contributed by atoms with Crippen molar-refractivity contribution >= 4 is 0 Å². The molecular formula is C11H20N4. The van der Waals surface area contributed by atoms with Crippen LogP contribution in [0.3, 0.4) is 0 Å². The fourth-order valence-electron chi connectivity index (χ4n) is 2.62. The van der Waals surface area contributed by atoms with Crippen LogP contribution in [0.1, 0.15) is 56.8 Å². The zero-order valence-electron chi connectivity index (χ0n) is 9.58. The third-order valence-corrected chi connectivity index (χ3v) is 3.58. The molecule has 3 N–H and O–H groups in total. The highest BCUT2D eigenvalue weighted by atomic mass is 15.3. The summed E-state index contributed by atoms with van der Waals surface area (Å²) in [5.74, 6) is 0.419. The molecule has 1 aliphatic rings. The van der Waals surface area contributed by atoms with E-state index in [0.717, 1.165) is 24.2 Å². The van der Waals surface area contributed by atoms with Gasteiger partial charge in [-0.15, -0.1) is 0 Å². The van der Waals surface area contributed by atoms with Gasteiger partial charge in [-0.3, -0.25) is 0 Å². The first-order valence-corrected chi connectivity index (χ1v) is 5.81. The van der Waals surface area contributed by atoms with Gasteiger partial charge in [0.05, 0.1) is 11.4 Å². The number of hydrogen-bond donors (Lipinski definition) is 2. The lowest BCUT2D eigenvalue weighted by Crippen LogP contribution is -2.33. The molecule has 0 saturated heterocycles. The second-order valence-corrected chi connectivity index (χ2v) is 4.90. The van der Waals surface area contributed by atoms with Crippen LogP contribution in [0.2, 0.25) is 0 Å². The predicted octanol–water partition coefficient (Wildman–Crippen LogP) is 1.70. The van der Waals surface area contributed by atoms with Crippen LogP contribution < -0.4 is 5.73 Å². The van der Waals surface area contributed by atoms with Crippen molar-refractivity contribution < 1.29 is 0 Å². The second-order valence-electron chi connectivity index (χ2n) is 4.90. The topological polar surface area (TPSA) is 67.6 Å². The summed E-state index contributed by atoms with van der Waals surface area (Å²) in [6.45, 7) is 5.00. The first kappa shape index (κ1) is 10.6. The van der Waals surface area contributed by atoms with Gasteiger partial charge in [-0.05, 0) is 18.8 Å². The average Bonchev–Trinajstić information content (AvgIpc) is 2.87. The lowest BCUT2D eigenvalue weighted by atomic mass is 9.80. The largest absolute Gasteiger partial charge is 0.330 e. The summed E-state index contributed by atoms with van der Waals surface area (Å²) < 4.78 is 0. The van der Waals surface area contributed by atoms with Crippen molar-refractivity contribution in [3.63, 3.8) is 0 Å². The van der Waals surface area contributed by atoms with E-state index in [-0.39, 0.29) is 5.41 Å². The van der Waals surface area contributed by atoms with E-state index >= 15 is 0 Å². The average molecular weight is 208 g/mol. The number of rotatable bonds is 3. The molecular weight excluding hydrogens is 188 g/mol. The molecule has 1 fully saturated rings. The molecule has 0 unspecified atom stereocenters. The van der Waals surface area contributed by atoms with Crippen LogP contribution in [0.15, 0.2) is 0 Å². The van der Waals surface area contributed by atoms with Crippen molar-refractivity contribution in [2.24, 2.45) is 5.73 Å². The summed E-state index contributed by atoms with van der Waals surface area (Å²) in [6.07, 6.45) is 4.86. The standard InChI is InChI=1S/C11H20N4/c1-8(2)9-10(14-15-13-9)11(7-12)5-3-4-6-11/h8H,3-7,12H2,1-2H3,(H,13,14,15). The third kappa shape index (κ3) is 1.67. The number of nitrogens with one attached hydrogen (secondary N) is 1. The highest BCUT2D eigenvalue weighted by Crippen LogP contribution is 2.41. The molecule has 0 aromatic carbocycles. The van der Waals surface area contributed by atoms with Crippen LogP contribution in [-0.4, -0.2) is 22.0 Å². The Morgan fingerprint density at radius 2 is 2.00 bits per heavy atom. The van der Waals surface area contributed by atoms with E-state index in [4.69, 9.17) is 5.73 Å². The Kier molecular flexibility index (Phi) is 2.78. The SMILES string of the molecule is CC(C)c1n[nH]nc1C1(CN)CCCC1. The van der Waals surface area contributed by atoms with Crippen LogP contribution in [0, 0.1) is 0 Å². The molecule has 0 atom stereocenters. The fourth-order valence-corrected chi connectivity index (χ4v) is 2.62. The minimum absolute atomic E-state index is 0.104. The Hall–Kier alpha value is -0.900. The molecule has 0 radical (unpaired) electrons. The summed E-state index contributed by atoms with van der Waals surface area (Å²) in [5, 5.41) is 11.4. The lowest BCUT2D eigenvalue weighted by molar-refractivity contribution is 0.433. The summed E-state index contributed by atoms with van der Waals surface area (Å²) in [6, 6.07) is 0. The second kappa shape index (κ2) is 3.93. The maximum Gasteiger partial charge on any atom is 0.0933 e. The van der Waals surface area contributed by atoms with E-state index in [9.17, 15) is 0 Å². The van der Waals surface area contributed by atoms with Gasteiger partial charge in [0, 0.05) is 12.0 Å². The van der Waals surface area contributed by atoms with Gasteiger partial charge >= 0.3 is 0 Å². The van der Waals surface area contributed by atoms with Crippen molar-refractivity contribution in [2.75, 3.05) is 6.54 Å². The molecule has 1 aliphatic carbocycles. The van der Waals surface area contributed by atoms with Gasteiger partial charge in [-0.2, -0.15) is 15.4 Å². The number of nitrogens with two attached hydrogens (primary N) is 1. The number of hydrogen-bond acceptors (Lipinski definition) is 3. The Balaban J connectivity index is 2.38. The first-order chi connectivity index (χ1) is 7.19. The Labute approximate surface area is 90.6 Å². The van der Waals surface area contributed by atoms with Gasteiger partial charge < -0.3 is 5.73 Å². The summed E-state index contributed by atoms with van der Waals surface area (Å²) in [5.41, 5.74) is 8.27. The normalized spacial score (nSPS) is 20.0. The van der Waals surface area contributed by atoms with Crippen LogP contribution >= 0.6 is 0 Å². The molecule has 4 heteroatoms. The van der Waals surface area contributed by atoms with Gasteiger partial charge in [0.15, 0.2) is 0 Å². The van der Waals surface area contributed by atoms with E-state index in [1.807, 2.05) is 0 Å². The lowest BCUT2D eigenvalue weighted by Gasteiger charge is -2.26. The Morgan fingerprint density at radius 1 is 1.33 bits per heavy atom. The molecule has 0 spiro atoms. The minimum atomic E-state index is 0.104. The number of aromatic amines is 1. The van der Waals surface area contributed by atoms with Crippen LogP contribution in [0.5, 0.6) is 0 Å². The van der Waals surface area contributed by atoms with Gasteiger partial charge in [0.1, 0.15) is 0 Å². The molecule has 0 aliphatic heterocycles. The monoisotopic (exact) mass is 208 g/mol. The maximum absolute atomic E-state index is 5.95. The van der Waals surface area contributed by atoms with Crippen LogP contribution in [-0.2, 0) is 5.41 Å². The summed E-state index contributed by atoms with van der Waals surface area (Å²) in [4.78, 5) is 0. The van der Waals surface area contributed by atoms with Gasteiger partial charge in [0.2, 0.25) is 0 Å². The molecule has 2 rings (SSSR count). The zero-order valence-corrected chi connectivity index (χ0v) is 9.58.